The molecule has 17 heavy (non-hydrogen) atoms. The fraction of sp³-hybridized carbons (Fsp3) is 0.462. The van der Waals surface area contributed by atoms with E-state index in [1.165, 1.54) is 24.0 Å². The first-order chi connectivity index (χ1) is 7.95. The van der Waals surface area contributed by atoms with E-state index in [0.717, 1.165) is 11.3 Å². The van der Waals surface area contributed by atoms with Crippen molar-refractivity contribution in [1.82, 2.24) is 0 Å². The highest BCUT2D eigenvalue weighted by Gasteiger charge is 2.31. The lowest BCUT2D eigenvalue weighted by molar-refractivity contribution is -0.118. The van der Waals surface area contributed by atoms with Crippen molar-refractivity contribution < 1.29 is 13.6 Å². The van der Waals surface area contributed by atoms with Crippen LogP contribution in [0.3, 0.4) is 0 Å². The maximum absolute atomic E-state index is 13.5. The van der Waals surface area contributed by atoms with Crippen LogP contribution in [0.15, 0.2) is 18.2 Å². The fourth-order valence-electron chi connectivity index (χ4n) is 2.09. The summed E-state index contributed by atoms with van der Waals surface area (Å²) in [6.45, 7) is 1.47. The van der Waals surface area contributed by atoms with Crippen molar-refractivity contribution in [2.75, 3.05) is 11.9 Å². The Morgan fingerprint density at radius 3 is 2.71 bits per heavy atom. The second kappa shape index (κ2) is 4.09. The zero-order chi connectivity index (χ0) is 12.6. The molecule has 1 aliphatic heterocycles. The molecular formula is C13H15F2NO. The molecule has 4 heteroatoms. The molecule has 2 rings (SSSR count). The maximum Gasteiger partial charge on any atom is 0.273 e. The highest BCUT2D eigenvalue weighted by atomic mass is 19.3. The van der Waals surface area contributed by atoms with Crippen molar-refractivity contribution in [3.8, 4) is 0 Å². The lowest BCUT2D eigenvalue weighted by atomic mass is 9.96. The number of halogens is 2. The van der Waals surface area contributed by atoms with Crippen LogP contribution in [-0.4, -0.2) is 13.0 Å². The standard InChI is InChI=1S/C13H15F2NO/c1-3-13(14,15)10-5-6-11-9(8-10)4-7-12(17)16(11)2/h5-6,8H,3-4,7H2,1-2H3. The molecular weight excluding hydrogens is 224 g/mol. The van der Waals surface area contributed by atoms with Crippen molar-refractivity contribution >= 4 is 11.6 Å². The molecule has 1 amide bonds. The Hall–Kier alpha value is -1.45. The van der Waals surface area contributed by atoms with Crippen LogP contribution in [0.5, 0.6) is 0 Å². The van der Waals surface area contributed by atoms with E-state index in [-0.39, 0.29) is 17.9 Å². The summed E-state index contributed by atoms with van der Waals surface area (Å²) in [7, 11) is 1.68. The number of hydrogen-bond acceptors (Lipinski definition) is 1. The van der Waals surface area contributed by atoms with Gasteiger partial charge in [-0.3, -0.25) is 4.79 Å². The smallest absolute Gasteiger partial charge is 0.273 e. The van der Waals surface area contributed by atoms with Gasteiger partial charge in [-0.25, -0.2) is 8.78 Å². The number of nitrogens with zero attached hydrogens (tertiary/aromatic N) is 1. The summed E-state index contributed by atoms with van der Waals surface area (Å²) in [6, 6.07) is 4.56. The molecule has 0 radical (unpaired) electrons. The maximum atomic E-state index is 13.5. The van der Waals surface area contributed by atoms with E-state index in [2.05, 4.69) is 0 Å². The van der Waals surface area contributed by atoms with E-state index in [9.17, 15) is 13.6 Å². The molecule has 1 aliphatic rings. The van der Waals surface area contributed by atoms with Gasteiger partial charge in [0.15, 0.2) is 0 Å². The molecule has 2 nitrogen and oxygen atoms in total. The number of rotatable bonds is 2. The van der Waals surface area contributed by atoms with E-state index in [0.29, 0.717) is 12.8 Å². The van der Waals surface area contributed by atoms with Crippen LogP contribution in [0.25, 0.3) is 0 Å². The lowest BCUT2D eigenvalue weighted by Gasteiger charge is -2.27. The average molecular weight is 239 g/mol. The topological polar surface area (TPSA) is 20.3 Å². The summed E-state index contributed by atoms with van der Waals surface area (Å²) in [5, 5.41) is 0. The molecule has 1 aromatic carbocycles. The monoisotopic (exact) mass is 239 g/mol. The first-order valence-corrected chi connectivity index (χ1v) is 5.73. The van der Waals surface area contributed by atoms with Crippen molar-refractivity contribution in [3.05, 3.63) is 29.3 Å². The van der Waals surface area contributed by atoms with Crippen LogP contribution in [0.2, 0.25) is 0 Å². The normalized spacial score (nSPS) is 16.0. The molecule has 0 saturated carbocycles. The number of hydrogen-bond donors (Lipinski definition) is 0. The molecule has 0 atom stereocenters. The molecule has 0 saturated heterocycles. The minimum absolute atomic E-state index is 0.0347. The van der Waals surface area contributed by atoms with Crippen molar-refractivity contribution in [2.45, 2.75) is 32.1 Å². The predicted molar refractivity (Wildman–Crippen MR) is 62.4 cm³/mol. The fourth-order valence-corrected chi connectivity index (χ4v) is 2.09. The van der Waals surface area contributed by atoms with Crippen LogP contribution in [0.1, 0.15) is 30.9 Å². The number of benzene rings is 1. The Bertz CT molecular complexity index is 457. The molecule has 1 heterocycles. The molecule has 0 aromatic heterocycles. The molecule has 0 spiro atoms. The quantitative estimate of drug-likeness (QED) is 0.776. The SMILES string of the molecule is CCC(F)(F)c1ccc2c(c1)CCC(=O)N2C. The van der Waals surface area contributed by atoms with Gasteiger partial charge < -0.3 is 4.90 Å². The van der Waals surface area contributed by atoms with E-state index in [1.807, 2.05) is 0 Å². The Morgan fingerprint density at radius 1 is 1.35 bits per heavy atom. The van der Waals surface area contributed by atoms with Crippen LogP contribution in [0.4, 0.5) is 14.5 Å². The van der Waals surface area contributed by atoms with Crippen molar-refractivity contribution in [2.24, 2.45) is 0 Å². The summed E-state index contributed by atoms with van der Waals surface area (Å²) in [5.74, 6) is -2.75. The highest BCUT2D eigenvalue weighted by Crippen LogP contribution is 2.35. The third-order valence-corrected chi connectivity index (χ3v) is 3.29. The molecule has 0 unspecified atom stereocenters. The van der Waals surface area contributed by atoms with Gasteiger partial charge in [-0.15, -0.1) is 0 Å². The third kappa shape index (κ3) is 2.04. The van der Waals surface area contributed by atoms with Gasteiger partial charge in [-0.1, -0.05) is 13.0 Å². The Morgan fingerprint density at radius 2 is 2.06 bits per heavy atom. The van der Waals surface area contributed by atoms with Crippen molar-refractivity contribution in [1.29, 1.82) is 0 Å². The number of anilines is 1. The molecule has 0 aliphatic carbocycles. The van der Waals surface area contributed by atoms with Gasteiger partial charge in [-0.05, 0) is 24.1 Å². The van der Waals surface area contributed by atoms with Gasteiger partial charge in [0.25, 0.3) is 5.92 Å². The van der Waals surface area contributed by atoms with Crippen LogP contribution >= 0.6 is 0 Å². The molecule has 0 fully saturated rings. The molecule has 1 aromatic rings. The number of carbonyl (C=O) groups excluding carboxylic acids is 1. The third-order valence-electron chi connectivity index (χ3n) is 3.29. The Labute approximate surface area is 99.2 Å². The zero-order valence-electron chi connectivity index (χ0n) is 9.96. The minimum atomic E-state index is -2.78. The van der Waals surface area contributed by atoms with Crippen LogP contribution < -0.4 is 4.90 Å². The number of aryl methyl sites for hydroxylation is 1. The average Bonchev–Trinajstić information content (AvgIpc) is 2.33. The van der Waals surface area contributed by atoms with E-state index >= 15 is 0 Å². The first kappa shape index (κ1) is 12.0. The summed E-state index contributed by atoms with van der Waals surface area (Å²) in [4.78, 5) is 13.0. The van der Waals surface area contributed by atoms with Gasteiger partial charge in [0, 0.05) is 31.1 Å². The van der Waals surface area contributed by atoms with Gasteiger partial charge in [-0.2, -0.15) is 0 Å². The molecule has 92 valence electrons. The number of fused-ring (bicyclic) bond motifs is 1. The summed E-state index contributed by atoms with van der Waals surface area (Å²) >= 11 is 0. The van der Waals surface area contributed by atoms with Gasteiger partial charge in [0.1, 0.15) is 0 Å². The summed E-state index contributed by atoms with van der Waals surface area (Å²) in [6.07, 6.45) is 0.733. The molecule has 0 N–H and O–H groups in total. The second-order valence-electron chi connectivity index (χ2n) is 4.35. The lowest BCUT2D eigenvalue weighted by Crippen LogP contribution is -2.31. The highest BCUT2D eigenvalue weighted by molar-refractivity contribution is 5.95. The van der Waals surface area contributed by atoms with E-state index in [4.69, 9.17) is 0 Å². The van der Waals surface area contributed by atoms with E-state index < -0.39 is 5.92 Å². The first-order valence-electron chi connectivity index (χ1n) is 5.73. The summed E-state index contributed by atoms with van der Waals surface area (Å²) < 4.78 is 27.1. The van der Waals surface area contributed by atoms with Gasteiger partial charge in [0.2, 0.25) is 5.91 Å². The van der Waals surface area contributed by atoms with Gasteiger partial charge >= 0.3 is 0 Å². The van der Waals surface area contributed by atoms with Crippen molar-refractivity contribution in [3.63, 3.8) is 0 Å². The minimum Gasteiger partial charge on any atom is -0.315 e. The molecule has 0 bridgehead atoms. The van der Waals surface area contributed by atoms with E-state index in [1.54, 1.807) is 13.1 Å². The zero-order valence-corrected chi connectivity index (χ0v) is 9.96. The Kier molecular flexibility index (Phi) is 2.89. The largest absolute Gasteiger partial charge is 0.315 e. The second-order valence-corrected chi connectivity index (χ2v) is 4.35. The number of alkyl halides is 2. The summed E-state index contributed by atoms with van der Waals surface area (Å²) in [5.41, 5.74) is 1.62. The Balaban J connectivity index is 2.42. The van der Waals surface area contributed by atoms with Crippen LogP contribution in [-0.2, 0) is 17.1 Å². The van der Waals surface area contributed by atoms with Crippen LogP contribution in [0, 0.1) is 0 Å². The number of carbonyl (C=O) groups is 1. The predicted octanol–water partition coefficient (Wildman–Crippen LogP) is 3.10. The number of amides is 1. The van der Waals surface area contributed by atoms with Gasteiger partial charge in [0.05, 0.1) is 0 Å².